The van der Waals surface area contributed by atoms with Gasteiger partial charge in [-0.1, -0.05) is 36.4 Å². The first-order valence-corrected chi connectivity index (χ1v) is 9.30. The quantitative estimate of drug-likeness (QED) is 0.501. The van der Waals surface area contributed by atoms with Gasteiger partial charge in [0.25, 0.3) is 5.91 Å². The second-order valence-corrected chi connectivity index (χ2v) is 6.39. The molecule has 7 heteroatoms. The second kappa shape index (κ2) is 10.1. The highest BCUT2D eigenvalue weighted by molar-refractivity contribution is 5.97. The van der Waals surface area contributed by atoms with E-state index >= 15 is 0 Å². The van der Waals surface area contributed by atoms with Crippen LogP contribution in [0.3, 0.4) is 0 Å². The highest BCUT2D eigenvalue weighted by Gasteiger charge is 2.21. The Morgan fingerprint density at radius 3 is 2.17 bits per heavy atom. The zero-order valence-corrected chi connectivity index (χ0v) is 16.7. The van der Waals surface area contributed by atoms with Crippen LogP contribution in [0.1, 0.15) is 22.0 Å². The zero-order valence-electron chi connectivity index (χ0n) is 16.7. The molecule has 3 aromatic rings. The molecule has 7 nitrogen and oxygen atoms in total. The Morgan fingerprint density at radius 1 is 0.800 bits per heavy atom. The summed E-state index contributed by atoms with van der Waals surface area (Å²) >= 11 is 0. The van der Waals surface area contributed by atoms with E-state index in [0.29, 0.717) is 28.3 Å². The predicted octanol–water partition coefficient (Wildman–Crippen LogP) is 3.32. The van der Waals surface area contributed by atoms with Gasteiger partial charge in [-0.15, -0.1) is 0 Å². The van der Waals surface area contributed by atoms with Crippen molar-refractivity contribution in [3.05, 3.63) is 90.0 Å². The van der Waals surface area contributed by atoms with Crippen molar-refractivity contribution in [1.82, 2.24) is 10.9 Å². The lowest BCUT2D eigenvalue weighted by atomic mass is 10.1. The van der Waals surface area contributed by atoms with Crippen molar-refractivity contribution in [2.75, 3.05) is 19.5 Å². The van der Waals surface area contributed by atoms with Gasteiger partial charge in [0.2, 0.25) is 5.91 Å². The number of ether oxygens (including phenoxy) is 2. The lowest BCUT2D eigenvalue weighted by Gasteiger charge is -2.19. The highest BCUT2D eigenvalue weighted by Crippen LogP contribution is 2.20. The van der Waals surface area contributed by atoms with E-state index in [1.807, 2.05) is 30.3 Å². The summed E-state index contributed by atoms with van der Waals surface area (Å²) in [6, 6.07) is 22.0. The van der Waals surface area contributed by atoms with Crippen LogP contribution in [0, 0.1) is 0 Å². The monoisotopic (exact) mass is 405 g/mol. The van der Waals surface area contributed by atoms with Crippen LogP contribution in [0.15, 0.2) is 78.9 Å². The largest absolute Gasteiger partial charge is 0.497 e. The van der Waals surface area contributed by atoms with E-state index in [1.165, 1.54) is 0 Å². The first-order chi connectivity index (χ1) is 14.6. The minimum absolute atomic E-state index is 0.329. The average molecular weight is 405 g/mol. The number of hydrogen-bond acceptors (Lipinski definition) is 5. The van der Waals surface area contributed by atoms with Crippen molar-refractivity contribution in [2.45, 2.75) is 6.04 Å². The molecule has 154 valence electrons. The summed E-state index contributed by atoms with van der Waals surface area (Å²) in [5.74, 6) is 0.585. The Hall–Kier alpha value is -3.84. The van der Waals surface area contributed by atoms with Crippen molar-refractivity contribution in [3.63, 3.8) is 0 Å². The molecule has 0 aliphatic carbocycles. The Bertz CT molecular complexity index is 991. The summed E-state index contributed by atoms with van der Waals surface area (Å²) in [5.41, 5.74) is 7.17. The number of carbonyl (C=O) groups excluding carboxylic acids is 2. The number of hydrazine groups is 1. The van der Waals surface area contributed by atoms with Crippen molar-refractivity contribution in [2.24, 2.45) is 0 Å². The van der Waals surface area contributed by atoms with E-state index in [4.69, 9.17) is 9.47 Å². The van der Waals surface area contributed by atoms with E-state index in [-0.39, 0.29) is 11.8 Å². The van der Waals surface area contributed by atoms with E-state index in [2.05, 4.69) is 16.2 Å². The number of anilines is 1. The maximum atomic E-state index is 13.0. The Labute approximate surface area is 175 Å². The Balaban J connectivity index is 1.73. The fraction of sp³-hybridized carbons (Fsp3) is 0.130. The maximum absolute atomic E-state index is 13.0. The first kappa shape index (κ1) is 20.9. The molecular formula is C23H23N3O4. The van der Waals surface area contributed by atoms with Gasteiger partial charge in [0, 0.05) is 17.3 Å². The number of benzene rings is 3. The highest BCUT2D eigenvalue weighted by atomic mass is 16.5. The molecule has 3 N–H and O–H groups in total. The molecule has 3 aromatic carbocycles. The summed E-state index contributed by atoms with van der Waals surface area (Å²) in [5, 5.41) is 2.84. The molecular weight excluding hydrogens is 382 g/mol. The van der Waals surface area contributed by atoms with Gasteiger partial charge >= 0.3 is 0 Å². The van der Waals surface area contributed by atoms with E-state index in [9.17, 15) is 9.59 Å². The van der Waals surface area contributed by atoms with Gasteiger partial charge in [0.05, 0.1) is 14.2 Å². The Morgan fingerprint density at radius 2 is 1.50 bits per heavy atom. The summed E-state index contributed by atoms with van der Waals surface area (Å²) in [7, 11) is 3.12. The van der Waals surface area contributed by atoms with Gasteiger partial charge in [-0.25, -0.2) is 5.43 Å². The standard InChI is InChI=1S/C23H23N3O4/c1-29-19-13-11-17(12-14-19)22(27)26-25-21(16-7-4-3-5-8-16)23(28)24-18-9-6-10-20(15-18)30-2/h3-15,21,25H,1-2H3,(H,24,28)(H,26,27)/t21-/m0/s1. The smallest absolute Gasteiger partial charge is 0.265 e. The molecule has 3 rings (SSSR count). The molecule has 0 aliphatic rings. The van der Waals surface area contributed by atoms with Crippen LogP contribution < -0.4 is 25.6 Å². The predicted molar refractivity (Wildman–Crippen MR) is 114 cm³/mol. The van der Waals surface area contributed by atoms with Crippen LogP contribution >= 0.6 is 0 Å². The van der Waals surface area contributed by atoms with Crippen LogP contribution in [-0.4, -0.2) is 26.0 Å². The van der Waals surface area contributed by atoms with Gasteiger partial charge in [0.15, 0.2) is 0 Å². The van der Waals surface area contributed by atoms with Gasteiger partial charge in [-0.05, 0) is 42.0 Å². The van der Waals surface area contributed by atoms with Crippen molar-refractivity contribution in [1.29, 1.82) is 0 Å². The van der Waals surface area contributed by atoms with Gasteiger partial charge in [0.1, 0.15) is 17.5 Å². The fourth-order valence-corrected chi connectivity index (χ4v) is 2.81. The molecule has 2 amide bonds. The van der Waals surface area contributed by atoms with Gasteiger partial charge in [-0.3, -0.25) is 15.0 Å². The fourth-order valence-electron chi connectivity index (χ4n) is 2.81. The number of methoxy groups -OCH3 is 2. The topological polar surface area (TPSA) is 88.7 Å². The van der Waals surface area contributed by atoms with Crippen molar-refractivity contribution in [3.8, 4) is 11.5 Å². The molecule has 0 radical (unpaired) electrons. The average Bonchev–Trinajstić information content (AvgIpc) is 2.80. The molecule has 0 heterocycles. The van der Waals surface area contributed by atoms with Crippen molar-refractivity contribution < 1.29 is 19.1 Å². The lowest BCUT2D eigenvalue weighted by molar-refractivity contribution is -0.118. The number of hydrogen-bond donors (Lipinski definition) is 3. The summed E-state index contributed by atoms with van der Waals surface area (Å²) in [6.45, 7) is 0. The van der Waals surface area contributed by atoms with E-state index in [0.717, 1.165) is 0 Å². The minimum Gasteiger partial charge on any atom is -0.497 e. The number of rotatable bonds is 8. The molecule has 0 saturated heterocycles. The third-order valence-electron chi connectivity index (χ3n) is 4.41. The van der Waals surface area contributed by atoms with E-state index < -0.39 is 6.04 Å². The third kappa shape index (κ3) is 5.36. The summed E-state index contributed by atoms with van der Waals surface area (Å²) in [4.78, 5) is 25.4. The Kier molecular flexibility index (Phi) is 7.02. The first-order valence-electron chi connectivity index (χ1n) is 9.30. The van der Waals surface area contributed by atoms with Crippen LogP contribution in [0.4, 0.5) is 5.69 Å². The second-order valence-electron chi connectivity index (χ2n) is 6.39. The van der Waals surface area contributed by atoms with Gasteiger partial charge in [-0.2, -0.15) is 0 Å². The molecule has 0 unspecified atom stereocenters. The molecule has 0 bridgehead atoms. The normalized spacial score (nSPS) is 11.3. The lowest BCUT2D eigenvalue weighted by Crippen LogP contribution is -2.44. The molecule has 0 spiro atoms. The van der Waals surface area contributed by atoms with Crippen LogP contribution in [0.2, 0.25) is 0 Å². The molecule has 0 fully saturated rings. The molecule has 0 aromatic heterocycles. The SMILES string of the molecule is COc1ccc(C(=O)NN[C@H](C(=O)Nc2cccc(OC)c2)c2ccccc2)cc1. The van der Waals surface area contributed by atoms with Crippen LogP contribution in [0.25, 0.3) is 0 Å². The summed E-state index contributed by atoms with van der Waals surface area (Å²) < 4.78 is 10.3. The number of carbonyl (C=O) groups is 2. The third-order valence-corrected chi connectivity index (χ3v) is 4.41. The van der Waals surface area contributed by atoms with Crippen molar-refractivity contribution >= 4 is 17.5 Å². The minimum atomic E-state index is -0.806. The zero-order chi connectivity index (χ0) is 21.3. The van der Waals surface area contributed by atoms with Crippen LogP contribution in [-0.2, 0) is 4.79 Å². The molecule has 0 aliphatic heterocycles. The van der Waals surface area contributed by atoms with Crippen LogP contribution in [0.5, 0.6) is 11.5 Å². The molecule has 1 atom stereocenters. The van der Waals surface area contributed by atoms with E-state index in [1.54, 1.807) is 62.8 Å². The molecule has 0 saturated carbocycles. The van der Waals surface area contributed by atoms with Gasteiger partial charge < -0.3 is 14.8 Å². The molecule has 30 heavy (non-hydrogen) atoms. The number of amides is 2. The maximum Gasteiger partial charge on any atom is 0.265 e. The summed E-state index contributed by atoms with van der Waals surface area (Å²) in [6.07, 6.45) is 0. The number of nitrogens with one attached hydrogen (secondary N) is 3.